The highest BCUT2D eigenvalue weighted by molar-refractivity contribution is 6.09. The van der Waals surface area contributed by atoms with E-state index in [-0.39, 0.29) is 22.8 Å². The van der Waals surface area contributed by atoms with Crippen molar-refractivity contribution in [2.24, 2.45) is 0 Å². The van der Waals surface area contributed by atoms with Crippen LogP contribution in [0.4, 0.5) is 18.9 Å². The highest BCUT2D eigenvalue weighted by Gasteiger charge is 2.30. The molecular weight excluding hydrogens is 489 g/mol. The summed E-state index contributed by atoms with van der Waals surface area (Å²) in [5.41, 5.74) is -2.29. The molecule has 0 aliphatic rings. The number of carbonyl (C=O) groups excluding carboxylic acids is 1. The van der Waals surface area contributed by atoms with Gasteiger partial charge in [0.25, 0.3) is 11.5 Å². The normalized spacial score (nSPS) is 11.6. The Morgan fingerprint density at radius 3 is 2.49 bits per heavy atom. The fourth-order valence-corrected chi connectivity index (χ4v) is 3.30. The molecule has 2 aromatic carbocycles. The number of pyridine rings is 1. The van der Waals surface area contributed by atoms with E-state index >= 15 is 0 Å². The average Bonchev–Trinajstić information content (AvgIpc) is 2.88. The number of nitrogens with zero attached hydrogens (tertiary/aromatic N) is 3. The van der Waals surface area contributed by atoms with Gasteiger partial charge in [0.1, 0.15) is 34.4 Å². The third-order valence-corrected chi connectivity index (χ3v) is 5.11. The van der Waals surface area contributed by atoms with Crippen molar-refractivity contribution in [3.05, 3.63) is 100.0 Å². The molecule has 0 unspecified atom stereocenters. The Labute approximate surface area is 207 Å². The lowest BCUT2D eigenvalue weighted by Crippen LogP contribution is -2.20. The minimum atomic E-state index is -4.62. The summed E-state index contributed by atoms with van der Waals surface area (Å²) in [4.78, 5) is 30.3. The monoisotopic (exact) mass is 506 g/mol. The first-order valence-electron chi connectivity index (χ1n) is 10.6. The number of aromatic nitrogens is 2. The van der Waals surface area contributed by atoms with Crippen LogP contribution in [0.5, 0.6) is 17.4 Å². The number of hydrogen-bond acceptors (Lipinski definition) is 6. The number of alkyl halides is 3. The fourth-order valence-electron chi connectivity index (χ4n) is 3.30. The molecule has 0 saturated carbocycles. The maximum Gasteiger partial charge on any atom is 0.416 e. The van der Waals surface area contributed by atoms with E-state index in [2.05, 4.69) is 10.3 Å². The van der Waals surface area contributed by atoms with Gasteiger partial charge in [-0.05, 0) is 60.7 Å². The van der Waals surface area contributed by atoms with Crippen molar-refractivity contribution in [1.82, 2.24) is 9.38 Å². The Morgan fingerprint density at radius 2 is 1.81 bits per heavy atom. The smallest absolute Gasteiger partial charge is 0.416 e. The van der Waals surface area contributed by atoms with E-state index < -0.39 is 28.8 Å². The number of halogens is 3. The molecule has 0 saturated heterocycles. The molecule has 0 spiro atoms. The van der Waals surface area contributed by atoms with Gasteiger partial charge in [-0.25, -0.2) is 0 Å². The molecule has 0 fully saturated rings. The van der Waals surface area contributed by atoms with Gasteiger partial charge < -0.3 is 14.8 Å². The van der Waals surface area contributed by atoms with Crippen LogP contribution in [-0.4, -0.2) is 22.4 Å². The summed E-state index contributed by atoms with van der Waals surface area (Å²) >= 11 is 0. The largest absolute Gasteiger partial charge is 0.497 e. The Hall–Kier alpha value is -5.11. The van der Waals surface area contributed by atoms with Gasteiger partial charge in [-0.15, -0.1) is 0 Å². The lowest BCUT2D eigenvalue weighted by Gasteiger charge is -2.11. The lowest BCUT2D eigenvalue weighted by atomic mass is 10.1. The van der Waals surface area contributed by atoms with E-state index in [1.54, 1.807) is 48.5 Å². The van der Waals surface area contributed by atoms with Crippen LogP contribution in [0.2, 0.25) is 0 Å². The SMILES string of the molecule is COc1ccc(Oc2nc3ccccn3c(=O)c2/C=C(/C#N)C(=O)Nc2cccc(C(F)(F)F)c2)cc1. The molecule has 0 atom stereocenters. The molecule has 2 heterocycles. The van der Waals surface area contributed by atoms with Crippen molar-refractivity contribution in [2.45, 2.75) is 6.18 Å². The molecule has 4 rings (SSSR count). The summed E-state index contributed by atoms with van der Waals surface area (Å²) < 4.78 is 51.2. The molecule has 4 aromatic rings. The number of rotatable bonds is 6. The van der Waals surface area contributed by atoms with Crippen LogP contribution in [-0.2, 0) is 11.0 Å². The van der Waals surface area contributed by atoms with Crippen LogP contribution >= 0.6 is 0 Å². The van der Waals surface area contributed by atoms with Crippen molar-refractivity contribution in [3.8, 4) is 23.4 Å². The number of carbonyl (C=O) groups is 1. The molecule has 1 amide bonds. The molecular formula is C26H17F3N4O4. The zero-order chi connectivity index (χ0) is 26.6. The molecule has 0 aliphatic heterocycles. The molecule has 37 heavy (non-hydrogen) atoms. The maximum atomic E-state index is 13.2. The van der Waals surface area contributed by atoms with Crippen molar-refractivity contribution in [3.63, 3.8) is 0 Å². The van der Waals surface area contributed by atoms with Crippen molar-refractivity contribution < 1.29 is 27.4 Å². The second kappa shape index (κ2) is 10.2. The molecule has 186 valence electrons. The molecule has 11 heteroatoms. The summed E-state index contributed by atoms with van der Waals surface area (Å²) in [5, 5.41) is 11.9. The quantitative estimate of drug-likeness (QED) is 0.290. The van der Waals surface area contributed by atoms with Gasteiger partial charge in [-0.2, -0.15) is 23.4 Å². The van der Waals surface area contributed by atoms with Gasteiger partial charge in [-0.1, -0.05) is 12.1 Å². The van der Waals surface area contributed by atoms with E-state index in [0.29, 0.717) is 11.5 Å². The van der Waals surface area contributed by atoms with E-state index in [1.165, 1.54) is 23.8 Å². The molecule has 1 N–H and O–H groups in total. The van der Waals surface area contributed by atoms with E-state index in [4.69, 9.17) is 9.47 Å². The number of hydrogen-bond donors (Lipinski definition) is 1. The first-order valence-corrected chi connectivity index (χ1v) is 10.6. The first kappa shape index (κ1) is 25.0. The van der Waals surface area contributed by atoms with Crippen LogP contribution < -0.4 is 20.3 Å². The fraction of sp³-hybridized carbons (Fsp3) is 0.0769. The standard InChI is InChI=1S/C26H17F3N4O4/c1-36-19-8-10-20(11-9-19)37-24-21(25(35)33-12-3-2-7-22(33)32-24)13-16(15-30)23(34)31-18-6-4-5-17(14-18)26(27,28)29/h2-14H,1H3,(H,31,34)/b16-13-. The second-order valence-corrected chi connectivity index (χ2v) is 7.54. The van der Waals surface area contributed by atoms with Crippen molar-refractivity contribution >= 4 is 23.3 Å². The average molecular weight is 506 g/mol. The highest BCUT2D eigenvalue weighted by atomic mass is 19.4. The van der Waals surface area contributed by atoms with Crippen molar-refractivity contribution in [2.75, 3.05) is 12.4 Å². The summed E-state index contributed by atoms with van der Waals surface area (Å²) in [6, 6.07) is 16.9. The number of nitriles is 1. The Morgan fingerprint density at radius 1 is 1.08 bits per heavy atom. The van der Waals surface area contributed by atoms with E-state index in [0.717, 1.165) is 24.3 Å². The minimum absolute atomic E-state index is 0.177. The Bertz CT molecular complexity index is 1600. The summed E-state index contributed by atoms with van der Waals surface area (Å²) in [6.07, 6.45) is -2.18. The summed E-state index contributed by atoms with van der Waals surface area (Å²) in [7, 11) is 1.50. The molecule has 0 radical (unpaired) electrons. The van der Waals surface area contributed by atoms with Gasteiger partial charge >= 0.3 is 6.18 Å². The summed E-state index contributed by atoms with van der Waals surface area (Å²) in [6.45, 7) is 0. The molecule has 0 bridgehead atoms. The van der Waals surface area contributed by atoms with Gasteiger partial charge in [0.15, 0.2) is 0 Å². The number of methoxy groups -OCH3 is 1. The second-order valence-electron chi connectivity index (χ2n) is 7.54. The van der Waals surface area contributed by atoms with E-state index in [1.807, 2.05) is 0 Å². The van der Waals surface area contributed by atoms with Gasteiger partial charge in [0.2, 0.25) is 5.88 Å². The van der Waals surface area contributed by atoms with Gasteiger partial charge in [0.05, 0.1) is 12.7 Å². The number of ether oxygens (including phenoxy) is 2. The van der Waals surface area contributed by atoms with Crippen LogP contribution in [0.1, 0.15) is 11.1 Å². The van der Waals surface area contributed by atoms with Gasteiger partial charge in [0, 0.05) is 11.9 Å². The number of nitrogens with one attached hydrogen (secondary N) is 1. The first-order chi connectivity index (χ1) is 17.7. The molecule has 8 nitrogen and oxygen atoms in total. The number of benzene rings is 2. The zero-order valence-corrected chi connectivity index (χ0v) is 19.1. The van der Waals surface area contributed by atoms with E-state index in [9.17, 15) is 28.0 Å². The Balaban J connectivity index is 1.75. The predicted octanol–water partition coefficient (Wildman–Crippen LogP) is 5.06. The van der Waals surface area contributed by atoms with Crippen LogP contribution in [0, 0.1) is 11.3 Å². The van der Waals surface area contributed by atoms with Crippen molar-refractivity contribution in [1.29, 1.82) is 5.26 Å². The van der Waals surface area contributed by atoms with Crippen LogP contribution in [0.15, 0.2) is 83.3 Å². The van der Waals surface area contributed by atoms with Gasteiger partial charge in [-0.3, -0.25) is 14.0 Å². The third kappa shape index (κ3) is 5.59. The Kier molecular flexibility index (Phi) is 6.92. The molecule has 0 aliphatic carbocycles. The minimum Gasteiger partial charge on any atom is -0.497 e. The third-order valence-electron chi connectivity index (χ3n) is 5.11. The summed E-state index contributed by atoms with van der Waals surface area (Å²) in [5.74, 6) is -0.331. The lowest BCUT2D eigenvalue weighted by molar-refractivity contribution is -0.137. The zero-order valence-electron chi connectivity index (χ0n) is 19.1. The topological polar surface area (TPSA) is 106 Å². The van der Waals surface area contributed by atoms with Crippen LogP contribution in [0.25, 0.3) is 11.7 Å². The predicted molar refractivity (Wildman–Crippen MR) is 128 cm³/mol. The highest BCUT2D eigenvalue weighted by Crippen LogP contribution is 2.31. The molecule has 2 aromatic heterocycles. The van der Waals surface area contributed by atoms with Crippen LogP contribution in [0.3, 0.4) is 0 Å². The maximum absolute atomic E-state index is 13.2. The number of amides is 1. The number of anilines is 1. The number of fused-ring (bicyclic) bond motifs is 1.